The van der Waals surface area contributed by atoms with Gasteiger partial charge in [0.2, 0.25) is 11.8 Å². The van der Waals surface area contributed by atoms with Crippen molar-refractivity contribution in [3.8, 4) is 0 Å². The van der Waals surface area contributed by atoms with Crippen molar-refractivity contribution in [1.29, 1.82) is 0 Å². The Balaban J connectivity index is 1.91. The molecule has 4 nitrogen and oxygen atoms in total. The predicted molar refractivity (Wildman–Crippen MR) is 129 cm³/mol. The Labute approximate surface area is 199 Å². The lowest BCUT2D eigenvalue weighted by Crippen LogP contribution is -2.43. The summed E-state index contributed by atoms with van der Waals surface area (Å²) in [7, 11) is 0. The van der Waals surface area contributed by atoms with Crippen LogP contribution in [0.25, 0.3) is 0 Å². The van der Waals surface area contributed by atoms with Crippen molar-refractivity contribution < 1.29 is 9.59 Å². The van der Waals surface area contributed by atoms with Gasteiger partial charge in [-0.15, -0.1) is 0 Å². The summed E-state index contributed by atoms with van der Waals surface area (Å²) in [6.45, 7) is 2.53. The number of amides is 2. The van der Waals surface area contributed by atoms with Crippen LogP contribution in [0.1, 0.15) is 42.5 Å². The van der Waals surface area contributed by atoms with Gasteiger partial charge < -0.3 is 10.2 Å². The first-order valence-electron chi connectivity index (χ1n) is 10.6. The molecule has 2 amide bonds. The van der Waals surface area contributed by atoms with E-state index in [1.54, 1.807) is 23.1 Å². The van der Waals surface area contributed by atoms with E-state index < -0.39 is 6.04 Å². The molecule has 0 unspecified atom stereocenters. The van der Waals surface area contributed by atoms with Gasteiger partial charge in [0.25, 0.3) is 0 Å². The summed E-state index contributed by atoms with van der Waals surface area (Å²) in [5.41, 5.74) is 2.48. The third-order valence-electron chi connectivity index (χ3n) is 5.12. The molecular weight excluding hydrogens is 443 g/mol. The molecule has 0 aliphatic heterocycles. The van der Waals surface area contributed by atoms with Crippen LogP contribution >= 0.6 is 23.2 Å². The van der Waals surface area contributed by atoms with Gasteiger partial charge in [-0.3, -0.25) is 9.59 Å². The van der Waals surface area contributed by atoms with Gasteiger partial charge in [-0.25, -0.2) is 0 Å². The number of carbonyl (C=O) groups excluding carboxylic acids is 2. The SMILES string of the molecule is CCCC(=O)N(Cc1ccccc1)[C@H](C(=O)NCc1ccc(Cl)cc1Cl)c1ccccc1. The molecular formula is C26H26Cl2N2O2. The van der Waals surface area contributed by atoms with E-state index in [1.165, 1.54) is 0 Å². The van der Waals surface area contributed by atoms with Crippen LogP contribution in [0.5, 0.6) is 0 Å². The van der Waals surface area contributed by atoms with Crippen LogP contribution in [0.2, 0.25) is 10.0 Å². The third kappa shape index (κ3) is 6.35. The number of nitrogens with zero attached hydrogens (tertiary/aromatic N) is 1. The molecule has 0 radical (unpaired) electrons. The van der Waals surface area contributed by atoms with Crippen LogP contribution in [-0.2, 0) is 22.7 Å². The molecule has 0 aliphatic carbocycles. The van der Waals surface area contributed by atoms with Crippen LogP contribution in [-0.4, -0.2) is 16.7 Å². The number of carbonyl (C=O) groups is 2. The highest BCUT2D eigenvalue weighted by Crippen LogP contribution is 2.26. The van der Waals surface area contributed by atoms with Crippen molar-refractivity contribution in [1.82, 2.24) is 10.2 Å². The molecule has 1 atom stereocenters. The Morgan fingerprint density at radius 2 is 1.59 bits per heavy atom. The number of hydrogen-bond acceptors (Lipinski definition) is 2. The van der Waals surface area contributed by atoms with Crippen LogP contribution in [0.3, 0.4) is 0 Å². The van der Waals surface area contributed by atoms with Gasteiger partial charge in [0.1, 0.15) is 6.04 Å². The molecule has 0 aromatic heterocycles. The Morgan fingerprint density at radius 1 is 0.938 bits per heavy atom. The smallest absolute Gasteiger partial charge is 0.247 e. The zero-order valence-corrected chi connectivity index (χ0v) is 19.4. The summed E-state index contributed by atoms with van der Waals surface area (Å²) in [4.78, 5) is 28.3. The maximum atomic E-state index is 13.5. The first-order chi connectivity index (χ1) is 15.5. The van der Waals surface area contributed by atoms with Crippen molar-refractivity contribution in [2.45, 2.75) is 38.9 Å². The van der Waals surface area contributed by atoms with Gasteiger partial charge >= 0.3 is 0 Å². The van der Waals surface area contributed by atoms with Crippen LogP contribution < -0.4 is 5.32 Å². The van der Waals surface area contributed by atoms with Gasteiger partial charge in [0.15, 0.2) is 0 Å². The predicted octanol–water partition coefficient (Wildman–Crippen LogP) is 6.18. The molecule has 0 aliphatic rings. The van der Waals surface area contributed by atoms with Crippen molar-refractivity contribution in [3.05, 3.63) is 106 Å². The standard InChI is InChI=1S/C26H26Cl2N2O2/c1-2-9-24(31)30(18-19-10-5-3-6-11-19)25(20-12-7-4-8-13-20)26(32)29-17-21-14-15-22(27)16-23(21)28/h3-8,10-16,25H,2,9,17-18H2,1H3,(H,29,32)/t25-/m0/s1. The van der Waals surface area contributed by atoms with Crippen molar-refractivity contribution in [2.24, 2.45) is 0 Å². The molecule has 0 spiro atoms. The van der Waals surface area contributed by atoms with Gasteiger partial charge in [0, 0.05) is 29.6 Å². The van der Waals surface area contributed by atoms with Crippen molar-refractivity contribution in [3.63, 3.8) is 0 Å². The zero-order chi connectivity index (χ0) is 22.9. The first-order valence-corrected chi connectivity index (χ1v) is 11.3. The summed E-state index contributed by atoms with van der Waals surface area (Å²) < 4.78 is 0. The fourth-order valence-electron chi connectivity index (χ4n) is 3.51. The number of benzene rings is 3. The molecule has 1 N–H and O–H groups in total. The van der Waals surface area contributed by atoms with E-state index in [0.29, 0.717) is 29.4 Å². The second-order valence-corrected chi connectivity index (χ2v) is 8.37. The Morgan fingerprint density at radius 3 is 2.22 bits per heavy atom. The highest BCUT2D eigenvalue weighted by atomic mass is 35.5. The first kappa shape index (κ1) is 23.8. The van der Waals surface area contributed by atoms with Gasteiger partial charge in [-0.2, -0.15) is 0 Å². The van der Waals surface area contributed by atoms with E-state index >= 15 is 0 Å². The number of rotatable bonds is 9. The number of nitrogens with one attached hydrogen (secondary N) is 1. The van der Waals surface area contributed by atoms with E-state index in [9.17, 15) is 9.59 Å². The topological polar surface area (TPSA) is 49.4 Å². The average molecular weight is 469 g/mol. The quantitative estimate of drug-likeness (QED) is 0.407. The van der Waals surface area contributed by atoms with Gasteiger partial charge in [-0.05, 0) is 35.2 Å². The maximum Gasteiger partial charge on any atom is 0.247 e. The lowest BCUT2D eigenvalue weighted by Gasteiger charge is -2.31. The van der Waals surface area contributed by atoms with Gasteiger partial charge in [-0.1, -0.05) is 96.9 Å². The fourth-order valence-corrected chi connectivity index (χ4v) is 3.99. The molecule has 3 aromatic carbocycles. The zero-order valence-electron chi connectivity index (χ0n) is 17.9. The molecule has 0 saturated heterocycles. The summed E-state index contributed by atoms with van der Waals surface area (Å²) in [6, 6.07) is 23.5. The molecule has 0 bridgehead atoms. The highest BCUT2D eigenvalue weighted by Gasteiger charge is 2.31. The van der Waals surface area contributed by atoms with E-state index in [1.807, 2.05) is 67.6 Å². The molecule has 6 heteroatoms. The Kier molecular flexibility index (Phi) is 8.72. The summed E-state index contributed by atoms with van der Waals surface area (Å²) in [6.07, 6.45) is 1.07. The van der Waals surface area contributed by atoms with E-state index in [4.69, 9.17) is 23.2 Å². The number of halogens is 2. The average Bonchev–Trinajstić information content (AvgIpc) is 2.79. The minimum atomic E-state index is -0.762. The van der Waals surface area contributed by atoms with Crippen LogP contribution in [0.4, 0.5) is 0 Å². The lowest BCUT2D eigenvalue weighted by atomic mass is 10.0. The highest BCUT2D eigenvalue weighted by molar-refractivity contribution is 6.35. The van der Waals surface area contributed by atoms with E-state index in [-0.39, 0.29) is 18.4 Å². The normalized spacial score (nSPS) is 11.6. The Bertz CT molecular complexity index is 1040. The minimum absolute atomic E-state index is 0.0649. The van der Waals surface area contributed by atoms with E-state index in [0.717, 1.165) is 16.7 Å². The molecule has 166 valence electrons. The van der Waals surface area contributed by atoms with Crippen LogP contribution in [0, 0.1) is 0 Å². The minimum Gasteiger partial charge on any atom is -0.350 e. The summed E-state index contributed by atoms with van der Waals surface area (Å²) in [5, 5.41) is 3.98. The monoisotopic (exact) mass is 468 g/mol. The van der Waals surface area contributed by atoms with Crippen molar-refractivity contribution in [2.75, 3.05) is 0 Å². The third-order valence-corrected chi connectivity index (χ3v) is 5.71. The van der Waals surface area contributed by atoms with Crippen LogP contribution in [0.15, 0.2) is 78.9 Å². The molecule has 32 heavy (non-hydrogen) atoms. The molecule has 3 rings (SSSR count). The molecule has 0 fully saturated rings. The summed E-state index contributed by atoms with van der Waals surface area (Å²) in [5.74, 6) is -0.326. The largest absolute Gasteiger partial charge is 0.350 e. The van der Waals surface area contributed by atoms with Crippen molar-refractivity contribution >= 4 is 35.0 Å². The van der Waals surface area contributed by atoms with Gasteiger partial charge in [0.05, 0.1) is 0 Å². The Hall–Kier alpha value is -2.82. The fraction of sp³-hybridized carbons (Fsp3) is 0.231. The molecule has 0 heterocycles. The second kappa shape index (κ2) is 11.7. The lowest BCUT2D eigenvalue weighted by molar-refractivity contribution is -0.141. The number of hydrogen-bond donors (Lipinski definition) is 1. The summed E-state index contributed by atoms with van der Waals surface area (Å²) >= 11 is 12.2. The van der Waals surface area contributed by atoms with E-state index in [2.05, 4.69) is 5.32 Å². The molecule has 3 aromatic rings. The second-order valence-electron chi connectivity index (χ2n) is 7.52. The molecule has 0 saturated carbocycles. The maximum absolute atomic E-state index is 13.5.